The van der Waals surface area contributed by atoms with Crippen molar-refractivity contribution in [2.24, 2.45) is 0 Å². The predicted molar refractivity (Wildman–Crippen MR) is 83.9 cm³/mol. The molecule has 2 heterocycles. The molecule has 3 amide bonds. The van der Waals surface area contributed by atoms with Crippen molar-refractivity contribution >= 4 is 22.0 Å². The third-order valence-electron chi connectivity index (χ3n) is 4.54. The topological polar surface area (TPSA) is 86.8 Å². The maximum atomic E-state index is 13.0. The zero-order chi connectivity index (χ0) is 17.5. The number of carbonyl (C=O) groups excluding carboxylic acids is 2. The molecule has 2 aliphatic heterocycles. The number of hydrogen-bond donors (Lipinski definition) is 1. The van der Waals surface area contributed by atoms with Crippen LogP contribution in [0.1, 0.15) is 18.4 Å². The Balaban J connectivity index is 1.74. The van der Waals surface area contributed by atoms with Crippen molar-refractivity contribution in [3.8, 4) is 0 Å². The first-order valence-corrected chi connectivity index (χ1v) is 9.40. The molecule has 1 aromatic rings. The number of hydrogen-bond acceptors (Lipinski definition) is 4. The van der Waals surface area contributed by atoms with Crippen molar-refractivity contribution < 1.29 is 22.4 Å². The molecule has 0 atom stereocenters. The first kappa shape index (κ1) is 16.8. The summed E-state index contributed by atoms with van der Waals surface area (Å²) in [6.07, 6.45) is 1.61. The minimum absolute atomic E-state index is 0.0580. The largest absolute Gasteiger partial charge is 0.325 e. The Kier molecular flexibility index (Phi) is 4.08. The average Bonchev–Trinajstić information content (AvgIpc) is 2.73. The standard InChI is InChI=1S/C15H18FN3O4S/c1-24(22,23)18-8-6-15(7-9-18)13(20)19(14(21)17-15)10-11-2-4-12(16)5-3-11/h2-5H,6-10H2,1H3,(H,17,21). The maximum absolute atomic E-state index is 13.0. The molecule has 0 unspecified atom stereocenters. The smallest absolute Gasteiger partial charge is 0.323 e. The molecule has 2 saturated heterocycles. The molecule has 1 N–H and O–H groups in total. The van der Waals surface area contributed by atoms with Gasteiger partial charge in [0.2, 0.25) is 10.0 Å². The Hall–Kier alpha value is -2.00. The van der Waals surface area contributed by atoms with E-state index in [-0.39, 0.29) is 44.2 Å². The molecule has 1 aromatic carbocycles. The van der Waals surface area contributed by atoms with Crippen LogP contribution in [0.4, 0.5) is 9.18 Å². The van der Waals surface area contributed by atoms with Gasteiger partial charge in [-0.2, -0.15) is 0 Å². The molecule has 0 saturated carbocycles. The van der Waals surface area contributed by atoms with Crippen LogP contribution in [-0.4, -0.2) is 54.4 Å². The number of sulfonamides is 1. The molecule has 3 rings (SSSR count). The summed E-state index contributed by atoms with van der Waals surface area (Å²) in [5.74, 6) is -0.745. The second-order valence-electron chi connectivity index (χ2n) is 6.19. The molecular formula is C15H18FN3O4S. The van der Waals surface area contributed by atoms with Gasteiger partial charge in [-0.3, -0.25) is 9.69 Å². The lowest BCUT2D eigenvalue weighted by molar-refractivity contribution is -0.133. The van der Waals surface area contributed by atoms with E-state index in [0.29, 0.717) is 5.56 Å². The molecule has 0 radical (unpaired) electrons. The van der Waals surface area contributed by atoms with Gasteiger partial charge in [-0.05, 0) is 30.5 Å². The summed E-state index contributed by atoms with van der Waals surface area (Å²) < 4.78 is 37.4. The summed E-state index contributed by atoms with van der Waals surface area (Å²) >= 11 is 0. The lowest BCUT2D eigenvalue weighted by Gasteiger charge is -2.35. The van der Waals surface area contributed by atoms with Crippen molar-refractivity contribution in [1.82, 2.24) is 14.5 Å². The van der Waals surface area contributed by atoms with Crippen molar-refractivity contribution in [2.75, 3.05) is 19.3 Å². The molecule has 0 aliphatic carbocycles. The fourth-order valence-corrected chi connectivity index (χ4v) is 3.98. The molecule has 24 heavy (non-hydrogen) atoms. The van der Waals surface area contributed by atoms with E-state index in [1.165, 1.54) is 28.6 Å². The van der Waals surface area contributed by atoms with E-state index in [1.54, 1.807) is 0 Å². The zero-order valence-corrected chi connectivity index (χ0v) is 14.0. The number of halogens is 1. The first-order chi connectivity index (χ1) is 11.2. The number of piperidine rings is 1. The predicted octanol–water partition coefficient (Wildman–Crippen LogP) is 0.672. The highest BCUT2D eigenvalue weighted by molar-refractivity contribution is 7.88. The fourth-order valence-electron chi connectivity index (χ4n) is 3.13. The number of benzene rings is 1. The second-order valence-corrected chi connectivity index (χ2v) is 8.17. The summed E-state index contributed by atoms with van der Waals surface area (Å²) in [5, 5.41) is 2.71. The Morgan fingerprint density at radius 2 is 1.75 bits per heavy atom. The molecular weight excluding hydrogens is 337 g/mol. The minimum Gasteiger partial charge on any atom is -0.323 e. The first-order valence-electron chi connectivity index (χ1n) is 7.55. The van der Waals surface area contributed by atoms with Crippen LogP contribution in [-0.2, 0) is 21.4 Å². The van der Waals surface area contributed by atoms with Crippen molar-refractivity contribution in [3.63, 3.8) is 0 Å². The number of carbonyl (C=O) groups is 2. The van der Waals surface area contributed by atoms with Crippen LogP contribution in [0.5, 0.6) is 0 Å². The Labute approximate surface area is 139 Å². The van der Waals surface area contributed by atoms with Crippen LogP contribution in [0.2, 0.25) is 0 Å². The van der Waals surface area contributed by atoms with Gasteiger partial charge in [0, 0.05) is 13.1 Å². The van der Waals surface area contributed by atoms with Gasteiger partial charge in [0.25, 0.3) is 5.91 Å². The van der Waals surface area contributed by atoms with E-state index in [1.807, 2.05) is 0 Å². The number of nitrogens with zero attached hydrogens (tertiary/aromatic N) is 2. The molecule has 130 valence electrons. The fraction of sp³-hybridized carbons (Fsp3) is 0.467. The lowest BCUT2D eigenvalue weighted by Crippen LogP contribution is -2.55. The maximum Gasteiger partial charge on any atom is 0.325 e. The Morgan fingerprint density at radius 1 is 1.17 bits per heavy atom. The van der Waals surface area contributed by atoms with Gasteiger partial charge in [-0.1, -0.05) is 12.1 Å². The van der Waals surface area contributed by atoms with Gasteiger partial charge in [0.15, 0.2) is 0 Å². The number of amides is 3. The summed E-state index contributed by atoms with van der Waals surface area (Å²) in [6, 6.07) is 5.08. The normalized spacial score (nSPS) is 21.3. The highest BCUT2D eigenvalue weighted by Gasteiger charge is 2.52. The summed E-state index contributed by atoms with van der Waals surface area (Å²) in [6.45, 7) is 0.437. The van der Waals surface area contributed by atoms with E-state index in [9.17, 15) is 22.4 Å². The van der Waals surface area contributed by atoms with Crippen LogP contribution in [0, 0.1) is 5.82 Å². The number of rotatable bonds is 3. The molecule has 7 nitrogen and oxygen atoms in total. The van der Waals surface area contributed by atoms with Crippen LogP contribution in [0.15, 0.2) is 24.3 Å². The zero-order valence-electron chi connectivity index (χ0n) is 13.2. The van der Waals surface area contributed by atoms with Gasteiger partial charge in [0.1, 0.15) is 11.4 Å². The van der Waals surface area contributed by atoms with Crippen molar-refractivity contribution in [1.29, 1.82) is 0 Å². The summed E-state index contributed by atoms with van der Waals surface area (Å²) in [5.41, 5.74) is -0.399. The van der Waals surface area contributed by atoms with Gasteiger partial charge >= 0.3 is 6.03 Å². The third kappa shape index (κ3) is 3.01. The monoisotopic (exact) mass is 355 g/mol. The number of imide groups is 1. The number of urea groups is 1. The van der Waals surface area contributed by atoms with Gasteiger partial charge in [-0.15, -0.1) is 0 Å². The van der Waals surface area contributed by atoms with E-state index in [4.69, 9.17) is 0 Å². The molecule has 2 fully saturated rings. The van der Waals surface area contributed by atoms with Crippen LogP contribution in [0.3, 0.4) is 0 Å². The van der Waals surface area contributed by atoms with Crippen molar-refractivity contribution in [3.05, 3.63) is 35.6 Å². The molecule has 9 heteroatoms. The van der Waals surface area contributed by atoms with Gasteiger partial charge in [-0.25, -0.2) is 21.9 Å². The quantitative estimate of drug-likeness (QED) is 0.808. The van der Waals surface area contributed by atoms with E-state index < -0.39 is 21.6 Å². The second kappa shape index (κ2) is 5.82. The Morgan fingerprint density at radius 3 is 2.29 bits per heavy atom. The Bertz CT molecular complexity index is 770. The van der Waals surface area contributed by atoms with E-state index in [0.717, 1.165) is 11.2 Å². The third-order valence-corrected chi connectivity index (χ3v) is 5.85. The van der Waals surface area contributed by atoms with Crippen LogP contribution in [0.25, 0.3) is 0 Å². The van der Waals surface area contributed by atoms with Gasteiger partial charge < -0.3 is 5.32 Å². The van der Waals surface area contributed by atoms with Crippen LogP contribution >= 0.6 is 0 Å². The highest BCUT2D eigenvalue weighted by atomic mass is 32.2. The summed E-state index contributed by atoms with van der Waals surface area (Å²) in [4.78, 5) is 26.0. The molecule has 1 spiro atoms. The lowest BCUT2D eigenvalue weighted by atomic mass is 9.88. The molecule has 0 aromatic heterocycles. The SMILES string of the molecule is CS(=O)(=O)N1CCC2(CC1)NC(=O)N(Cc1ccc(F)cc1)C2=O. The summed E-state index contributed by atoms with van der Waals surface area (Å²) in [7, 11) is -3.31. The van der Waals surface area contributed by atoms with Crippen molar-refractivity contribution in [2.45, 2.75) is 24.9 Å². The van der Waals surface area contributed by atoms with E-state index >= 15 is 0 Å². The molecule has 2 aliphatic rings. The highest BCUT2D eigenvalue weighted by Crippen LogP contribution is 2.31. The van der Waals surface area contributed by atoms with E-state index in [2.05, 4.69) is 5.32 Å². The van der Waals surface area contributed by atoms with Gasteiger partial charge in [0.05, 0.1) is 12.8 Å². The number of nitrogens with one attached hydrogen (secondary N) is 1. The van der Waals surface area contributed by atoms with Crippen LogP contribution < -0.4 is 5.32 Å². The average molecular weight is 355 g/mol. The molecule has 0 bridgehead atoms. The minimum atomic E-state index is -3.31.